The molecule has 0 aliphatic carbocycles. The Balaban J connectivity index is 1.48. The molecule has 0 radical (unpaired) electrons. The van der Waals surface area contributed by atoms with Gasteiger partial charge in [-0.05, 0) is 61.8 Å². The van der Waals surface area contributed by atoms with Crippen molar-refractivity contribution in [2.75, 3.05) is 25.0 Å². The largest absolute Gasteiger partial charge is 0.361 e. The number of nitrogens with one attached hydrogen (secondary N) is 2. The van der Waals surface area contributed by atoms with Crippen molar-refractivity contribution in [3.63, 3.8) is 0 Å². The standard InChI is InChI=1S/C17H20ClN3S/c1-2-12-11-21-8-7-13(12)9-16(21)10-19-17(22)20-15-5-3-14(18)4-6-15/h1,3-6,12-13,16H,7-11H2,(H2,19,20,22). The van der Waals surface area contributed by atoms with Crippen LogP contribution in [0.15, 0.2) is 24.3 Å². The first-order chi connectivity index (χ1) is 10.7. The van der Waals surface area contributed by atoms with Crippen LogP contribution in [0.1, 0.15) is 12.8 Å². The smallest absolute Gasteiger partial charge is 0.170 e. The van der Waals surface area contributed by atoms with Crippen molar-refractivity contribution in [2.45, 2.75) is 18.9 Å². The Morgan fingerprint density at radius 1 is 1.41 bits per heavy atom. The second-order valence-corrected chi connectivity index (χ2v) is 6.89. The van der Waals surface area contributed by atoms with E-state index < -0.39 is 0 Å². The zero-order valence-electron chi connectivity index (χ0n) is 12.4. The average molecular weight is 334 g/mol. The molecular weight excluding hydrogens is 314 g/mol. The van der Waals surface area contributed by atoms with E-state index in [9.17, 15) is 0 Å². The maximum absolute atomic E-state index is 5.87. The molecule has 1 aromatic rings. The molecule has 0 amide bonds. The number of halogens is 1. The number of rotatable bonds is 3. The lowest BCUT2D eigenvalue weighted by atomic mass is 9.76. The minimum absolute atomic E-state index is 0.434. The van der Waals surface area contributed by atoms with Crippen molar-refractivity contribution in [3.8, 4) is 12.3 Å². The average Bonchev–Trinajstić information content (AvgIpc) is 2.55. The van der Waals surface area contributed by atoms with E-state index in [0.29, 0.717) is 23.0 Å². The molecule has 4 atom stereocenters. The number of piperidine rings is 3. The fourth-order valence-electron chi connectivity index (χ4n) is 3.46. The first-order valence-electron chi connectivity index (χ1n) is 7.66. The molecule has 3 fully saturated rings. The monoisotopic (exact) mass is 333 g/mol. The van der Waals surface area contributed by atoms with E-state index >= 15 is 0 Å². The van der Waals surface area contributed by atoms with Gasteiger partial charge in [0.15, 0.2) is 5.11 Å². The molecule has 2 bridgehead atoms. The van der Waals surface area contributed by atoms with Gasteiger partial charge < -0.3 is 10.6 Å². The number of hydrogen-bond donors (Lipinski definition) is 2. The van der Waals surface area contributed by atoms with Crippen molar-refractivity contribution < 1.29 is 0 Å². The summed E-state index contributed by atoms with van der Waals surface area (Å²) < 4.78 is 0. The topological polar surface area (TPSA) is 27.3 Å². The number of benzene rings is 1. The highest BCUT2D eigenvalue weighted by molar-refractivity contribution is 7.80. The van der Waals surface area contributed by atoms with Crippen LogP contribution in [0, 0.1) is 24.2 Å². The quantitative estimate of drug-likeness (QED) is 0.657. The van der Waals surface area contributed by atoms with E-state index in [1.165, 1.54) is 12.8 Å². The summed E-state index contributed by atoms with van der Waals surface area (Å²) in [7, 11) is 0. The van der Waals surface area contributed by atoms with Gasteiger partial charge in [-0.2, -0.15) is 0 Å². The minimum atomic E-state index is 0.434. The lowest BCUT2D eigenvalue weighted by molar-refractivity contribution is 0.0248. The van der Waals surface area contributed by atoms with Crippen LogP contribution in [0.2, 0.25) is 5.02 Å². The van der Waals surface area contributed by atoms with E-state index in [1.54, 1.807) is 0 Å². The van der Waals surface area contributed by atoms with Gasteiger partial charge in [0.1, 0.15) is 0 Å². The van der Waals surface area contributed by atoms with E-state index in [0.717, 1.165) is 30.3 Å². The molecule has 4 rings (SSSR count). The summed E-state index contributed by atoms with van der Waals surface area (Å²) in [6.07, 6.45) is 8.03. The van der Waals surface area contributed by atoms with E-state index in [4.69, 9.17) is 30.2 Å². The molecular formula is C17H20ClN3S. The summed E-state index contributed by atoms with van der Waals surface area (Å²) in [5, 5.41) is 7.88. The van der Waals surface area contributed by atoms with E-state index in [-0.39, 0.29) is 0 Å². The molecule has 3 nitrogen and oxygen atoms in total. The third-order valence-electron chi connectivity index (χ3n) is 4.69. The van der Waals surface area contributed by atoms with Crippen molar-refractivity contribution in [1.29, 1.82) is 0 Å². The van der Waals surface area contributed by atoms with Gasteiger partial charge in [-0.25, -0.2) is 0 Å². The molecule has 116 valence electrons. The SMILES string of the molecule is C#CC1CN2CCC1CC2CNC(=S)Nc1ccc(Cl)cc1. The van der Waals surface area contributed by atoms with E-state index in [2.05, 4.69) is 21.5 Å². The molecule has 1 aromatic carbocycles. The van der Waals surface area contributed by atoms with Gasteiger partial charge in [0, 0.05) is 35.8 Å². The highest BCUT2D eigenvalue weighted by Gasteiger charge is 2.38. The van der Waals surface area contributed by atoms with Crippen molar-refractivity contribution >= 4 is 34.6 Å². The zero-order valence-corrected chi connectivity index (χ0v) is 14.0. The summed E-state index contributed by atoms with van der Waals surface area (Å²) in [5.41, 5.74) is 0.944. The highest BCUT2D eigenvalue weighted by Crippen LogP contribution is 2.35. The maximum atomic E-state index is 5.87. The first kappa shape index (κ1) is 15.6. The Bertz CT molecular complexity index is 581. The third-order valence-corrected chi connectivity index (χ3v) is 5.19. The lowest BCUT2D eigenvalue weighted by Gasteiger charge is -2.48. The zero-order chi connectivity index (χ0) is 15.5. The summed E-state index contributed by atoms with van der Waals surface area (Å²) in [4.78, 5) is 2.50. The Kier molecular flexibility index (Phi) is 4.87. The van der Waals surface area contributed by atoms with E-state index in [1.807, 2.05) is 24.3 Å². The molecule has 0 saturated carbocycles. The summed E-state index contributed by atoms with van der Waals surface area (Å²) in [6.45, 7) is 3.06. The Morgan fingerprint density at radius 2 is 2.18 bits per heavy atom. The Hall–Kier alpha value is -1.28. The Labute approximate surface area is 142 Å². The van der Waals surface area contributed by atoms with Gasteiger partial charge in [-0.15, -0.1) is 12.3 Å². The Morgan fingerprint density at radius 3 is 2.82 bits per heavy atom. The summed E-state index contributed by atoms with van der Waals surface area (Å²) >= 11 is 11.2. The van der Waals surface area contributed by atoms with Crippen LogP contribution < -0.4 is 10.6 Å². The van der Waals surface area contributed by atoms with Crippen molar-refractivity contribution in [3.05, 3.63) is 29.3 Å². The predicted molar refractivity (Wildman–Crippen MR) is 96.1 cm³/mol. The van der Waals surface area contributed by atoms with Crippen LogP contribution in [0.3, 0.4) is 0 Å². The molecule has 3 aliphatic heterocycles. The molecule has 22 heavy (non-hydrogen) atoms. The molecule has 3 heterocycles. The van der Waals surface area contributed by atoms with Crippen molar-refractivity contribution in [2.24, 2.45) is 11.8 Å². The molecule has 3 aliphatic rings. The normalized spacial score (nSPS) is 29.6. The lowest BCUT2D eigenvalue weighted by Crippen LogP contribution is -2.56. The van der Waals surface area contributed by atoms with Gasteiger partial charge in [0.2, 0.25) is 0 Å². The van der Waals surface area contributed by atoms with Crippen LogP contribution in [0.4, 0.5) is 5.69 Å². The highest BCUT2D eigenvalue weighted by atomic mass is 35.5. The molecule has 2 N–H and O–H groups in total. The minimum Gasteiger partial charge on any atom is -0.361 e. The van der Waals surface area contributed by atoms with Crippen LogP contribution >= 0.6 is 23.8 Å². The van der Waals surface area contributed by atoms with Crippen LogP contribution in [-0.2, 0) is 0 Å². The first-order valence-corrected chi connectivity index (χ1v) is 8.45. The molecule has 4 unspecified atom stereocenters. The van der Waals surface area contributed by atoms with Gasteiger partial charge in [-0.3, -0.25) is 4.90 Å². The van der Waals surface area contributed by atoms with Gasteiger partial charge >= 0.3 is 0 Å². The molecule has 5 heteroatoms. The second-order valence-electron chi connectivity index (χ2n) is 6.05. The number of terminal acetylenes is 1. The van der Waals surface area contributed by atoms with Crippen molar-refractivity contribution in [1.82, 2.24) is 10.2 Å². The predicted octanol–water partition coefficient (Wildman–Crippen LogP) is 2.97. The molecule has 0 spiro atoms. The second kappa shape index (κ2) is 6.87. The third kappa shape index (κ3) is 3.55. The number of fused-ring (bicyclic) bond motifs is 3. The van der Waals surface area contributed by atoms with Gasteiger partial charge in [-0.1, -0.05) is 11.6 Å². The van der Waals surface area contributed by atoms with Crippen LogP contribution in [-0.4, -0.2) is 35.7 Å². The maximum Gasteiger partial charge on any atom is 0.170 e. The van der Waals surface area contributed by atoms with Gasteiger partial charge in [0.25, 0.3) is 0 Å². The fraction of sp³-hybridized carbons (Fsp3) is 0.471. The number of nitrogens with zero attached hydrogens (tertiary/aromatic N) is 1. The number of anilines is 1. The van der Waals surface area contributed by atoms with Crippen LogP contribution in [0.25, 0.3) is 0 Å². The molecule has 0 aromatic heterocycles. The number of thiocarbonyl (C=S) groups is 1. The summed E-state index contributed by atoms with van der Waals surface area (Å²) in [6, 6.07) is 8.06. The number of hydrogen-bond acceptors (Lipinski definition) is 2. The van der Waals surface area contributed by atoms with Gasteiger partial charge in [0.05, 0.1) is 0 Å². The fourth-order valence-corrected chi connectivity index (χ4v) is 3.79. The summed E-state index contributed by atoms with van der Waals surface area (Å²) in [5.74, 6) is 4.06. The molecule has 3 saturated heterocycles. The van der Waals surface area contributed by atoms with Crippen LogP contribution in [0.5, 0.6) is 0 Å².